The van der Waals surface area contributed by atoms with Gasteiger partial charge in [0.15, 0.2) is 0 Å². The van der Waals surface area contributed by atoms with Gasteiger partial charge in [0.25, 0.3) is 5.91 Å². The summed E-state index contributed by atoms with van der Waals surface area (Å²) in [4.78, 5) is 15.0. The second-order valence-electron chi connectivity index (χ2n) is 7.55. The van der Waals surface area contributed by atoms with Crippen LogP contribution in [0.3, 0.4) is 0 Å². The van der Waals surface area contributed by atoms with E-state index in [1.165, 1.54) is 23.6 Å². The molecule has 1 aromatic carbocycles. The number of hydrogen-bond acceptors (Lipinski definition) is 3. The summed E-state index contributed by atoms with van der Waals surface area (Å²) in [7, 11) is -1.64. The van der Waals surface area contributed by atoms with Gasteiger partial charge in [0.05, 0.1) is 4.90 Å². The molecular formula is C20H30N2O3S. The van der Waals surface area contributed by atoms with Gasteiger partial charge in [-0.05, 0) is 43.9 Å². The van der Waals surface area contributed by atoms with Crippen molar-refractivity contribution in [1.82, 2.24) is 9.21 Å². The van der Waals surface area contributed by atoms with Crippen LogP contribution in [-0.2, 0) is 10.0 Å². The number of rotatable bonds is 4. The number of sulfonamides is 1. The van der Waals surface area contributed by atoms with E-state index in [1.54, 1.807) is 24.3 Å². The second kappa shape index (κ2) is 8.53. The topological polar surface area (TPSA) is 57.7 Å². The minimum Gasteiger partial charge on any atom is -0.339 e. The van der Waals surface area contributed by atoms with Crippen LogP contribution in [0.2, 0.25) is 0 Å². The molecule has 3 rings (SSSR count). The molecule has 0 atom stereocenters. The molecule has 0 spiro atoms. The number of benzene rings is 1. The average molecular weight is 379 g/mol. The molecule has 1 aromatic rings. The monoisotopic (exact) mass is 378 g/mol. The Morgan fingerprint density at radius 1 is 1.00 bits per heavy atom. The van der Waals surface area contributed by atoms with Crippen LogP contribution >= 0.6 is 0 Å². The zero-order valence-electron chi connectivity index (χ0n) is 15.7. The predicted molar refractivity (Wildman–Crippen MR) is 103 cm³/mol. The van der Waals surface area contributed by atoms with E-state index < -0.39 is 10.0 Å². The standard InChI is InChI=1S/C20H30N2O3S/c1-21(18-11-5-3-2-4-6-12-18)20(23)17-10-9-13-19(16-17)26(24,25)22-14-7-8-15-22/h9-10,13,16,18H,2-8,11-12,14-15H2,1H3. The summed E-state index contributed by atoms with van der Waals surface area (Å²) in [6.07, 6.45) is 9.97. The van der Waals surface area contributed by atoms with E-state index >= 15 is 0 Å². The van der Waals surface area contributed by atoms with E-state index in [0.717, 1.165) is 38.5 Å². The van der Waals surface area contributed by atoms with Gasteiger partial charge >= 0.3 is 0 Å². The predicted octanol–water partition coefficient (Wildman–Crippen LogP) is 3.66. The molecule has 1 aliphatic heterocycles. The molecule has 6 heteroatoms. The van der Waals surface area contributed by atoms with Gasteiger partial charge in [0.1, 0.15) is 0 Å². The van der Waals surface area contributed by atoms with Gasteiger partial charge in [0.2, 0.25) is 10.0 Å². The quantitative estimate of drug-likeness (QED) is 0.803. The first-order valence-electron chi connectivity index (χ1n) is 9.87. The third kappa shape index (κ3) is 4.29. The van der Waals surface area contributed by atoms with Gasteiger partial charge in [0, 0.05) is 31.7 Å². The Hall–Kier alpha value is -1.40. The molecule has 0 N–H and O–H groups in total. The Kier molecular flexibility index (Phi) is 6.35. The van der Waals surface area contributed by atoms with Crippen LogP contribution in [-0.4, -0.2) is 49.7 Å². The van der Waals surface area contributed by atoms with Crippen molar-refractivity contribution >= 4 is 15.9 Å². The lowest BCUT2D eigenvalue weighted by Gasteiger charge is -2.30. The summed E-state index contributed by atoms with van der Waals surface area (Å²) in [6.45, 7) is 1.14. The van der Waals surface area contributed by atoms with Crippen molar-refractivity contribution in [2.45, 2.75) is 68.7 Å². The van der Waals surface area contributed by atoms with Gasteiger partial charge in [-0.3, -0.25) is 4.79 Å². The van der Waals surface area contributed by atoms with E-state index in [1.807, 2.05) is 11.9 Å². The number of carbonyl (C=O) groups is 1. The highest BCUT2D eigenvalue weighted by atomic mass is 32.2. The summed E-state index contributed by atoms with van der Waals surface area (Å²) in [5.41, 5.74) is 0.467. The summed E-state index contributed by atoms with van der Waals surface area (Å²) in [5.74, 6) is -0.0750. The third-order valence-corrected chi connectivity index (χ3v) is 7.62. The first kappa shape index (κ1) is 19.4. The van der Waals surface area contributed by atoms with Gasteiger partial charge < -0.3 is 4.90 Å². The highest BCUT2D eigenvalue weighted by Crippen LogP contribution is 2.24. The molecule has 1 amide bonds. The van der Waals surface area contributed by atoms with Crippen LogP contribution in [0, 0.1) is 0 Å². The summed E-state index contributed by atoms with van der Waals surface area (Å²) >= 11 is 0. The smallest absolute Gasteiger partial charge is 0.253 e. The lowest BCUT2D eigenvalue weighted by Crippen LogP contribution is -2.37. The lowest BCUT2D eigenvalue weighted by atomic mass is 9.95. The number of amides is 1. The first-order valence-corrected chi connectivity index (χ1v) is 11.3. The van der Waals surface area contributed by atoms with Crippen molar-refractivity contribution in [3.05, 3.63) is 29.8 Å². The lowest BCUT2D eigenvalue weighted by molar-refractivity contribution is 0.0706. The summed E-state index contributed by atoms with van der Waals surface area (Å²) < 4.78 is 27.1. The molecule has 1 saturated carbocycles. The van der Waals surface area contributed by atoms with Crippen molar-refractivity contribution < 1.29 is 13.2 Å². The molecule has 2 fully saturated rings. The van der Waals surface area contributed by atoms with Crippen LogP contribution in [0.15, 0.2) is 29.2 Å². The molecule has 0 unspecified atom stereocenters. The van der Waals surface area contributed by atoms with Crippen LogP contribution in [0.4, 0.5) is 0 Å². The molecule has 1 saturated heterocycles. The van der Waals surface area contributed by atoms with Gasteiger partial charge in [-0.15, -0.1) is 0 Å². The molecule has 0 aromatic heterocycles. The molecule has 2 aliphatic rings. The normalized spacial score (nSPS) is 20.5. The van der Waals surface area contributed by atoms with Crippen molar-refractivity contribution in [2.75, 3.05) is 20.1 Å². The molecule has 1 heterocycles. The fourth-order valence-electron chi connectivity index (χ4n) is 4.06. The maximum Gasteiger partial charge on any atom is 0.253 e. The second-order valence-corrected chi connectivity index (χ2v) is 9.49. The largest absolute Gasteiger partial charge is 0.339 e. The van der Waals surface area contributed by atoms with Gasteiger partial charge in [-0.2, -0.15) is 4.31 Å². The van der Waals surface area contributed by atoms with E-state index in [9.17, 15) is 13.2 Å². The number of carbonyl (C=O) groups excluding carboxylic acids is 1. The van der Waals surface area contributed by atoms with Gasteiger partial charge in [-0.25, -0.2) is 8.42 Å². The molecular weight excluding hydrogens is 348 g/mol. The fourth-order valence-corrected chi connectivity index (χ4v) is 5.62. The third-order valence-electron chi connectivity index (χ3n) is 5.73. The molecule has 26 heavy (non-hydrogen) atoms. The first-order chi connectivity index (χ1) is 12.5. The Morgan fingerprint density at radius 3 is 2.27 bits per heavy atom. The van der Waals surface area contributed by atoms with Crippen molar-refractivity contribution in [2.24, 2.45) is 0 Å². The SMILES string of the molecule is CN(C(=O)c1cccc(S(=O)(=O)N2CCCC2)c1)C1CCCCCCC1. The number of nitrogens with zero attached hydrogens (tertiary/aromatic N) is 2. The molecule has 1 aliphatic carbocycles. The maximum atomic E-state index is 13.0. The molecule has 0 bridgehead atoms. The Balaban J connectivity index is 1.77. The maximum absolute atomic E-state index is 13.0. The average Bonchev–Trinajstić information content (AvgIpc) is 3.16. The zero-order valence-corrected chi connectivity index (χ0v) is 16.5. The molecule has 5 nitrogen and oxygen atoms in total. The van der Waals surface area contributed by atoms with E-state index in [2.05, 4.69) is 0 Å². The van der Waals surface area contributed by atoms with E-state index in [-0.39, 0.29) is 16.8 Å². The Labute approximate surface area is 157 Å². The van der Waals surface area contributed by atoms with Crippen molar-refractivity contribution in [3.63, 3.8) is 0 Å². The number of hydrogen-bond donors (Lipinski definition) is 0. The summed E-state index contributed by atoms with van der Waals surface area (Å²) in [5, 5.41) is 0. The summed E-state index contributed by atoms with van der Waals surface area (Å²) in [6, 6.07) is 6.81. The Bertz CT molecular complexity index is 718. The van der Waals surface area contributed by atoms with Crippen LogP contribution < -0.4 is 0 Å². The van der Waals surface area contributed by atoms with Crippen LogP contribution in [0.5, 0.6) is 0 Å². The molecule has 144 valence electrons. The highest BCUT2D eigenvalue weighted by Gasteiger charge is 2.28. The Morgan fingerprint density at radius 2 is 1.62 bits per heavy atom. The van der Waals surface area contributed by atoms with E-state index in [0.29, 0.717) is 18.7 Å². The highest BCUT2D eigenvalue weighted by molar-refractivity contribution is 7.89. The fraction of sp³-hybridized carbons (Fsp3) is 0.650. The van der Waals surface area contributed by atoms with Gasteiger partial charge in [-0.1, -0.05) is 38.2 Å². The van der Waals surface area contributed by atoms with Crippen LogP contribution in [0.25, 0.3) is 0 Å². The molecule has 0 radical (unpaired) electrons. The van der Waals surface area contributed by atoms with Crippen LogP contribution in [0.1, 0.15) is 68.1 Å². The van der Waals surface area contributed by atoms with Crippen molar-refractivity contribution in [1.29, 1.82) is 0 Å². The van der Waals surface area contributed by atoms with E-state index in [4.69, 9.17) is 0 Å². The minimum atomic E-state index is -3.49. The minimum absolute atomic E-state index is 0.0750. The zero-order chi connectivity index (χ0) is 18.6. The van der Waals surface area contributed by atoms with Crippen molar-refractivity contribution in [3.8, 4) is 0 Å².